The van der Waals surface area contributed by atoms with Gasteiger partial charge in [0.05, 0.1) is 0 Å². The highest BCUT2D eigenvalue weighted by Crippen LogP contribution is 2.13. The Morgan fingerprint density at radius 2 is 1.88 bits per heavy atom. The summed E-state index contributed by atoms with van der Waals surface area (Å²) in [5, 5.41) is 7.17. The lowest BCUT2D eigenvalue weighted by Crippen LogP contribution is -2.15. The van der Waals surface area contributed by atoms with Crippen molar-refractivity contribution in [3.63, 3.8) is 0 Å². The van der Waals surface area contributed by atoms with Crippen LogP contribution >= 0.6 is 11.8 Å². The van der Waals surface area contributed by atoms with Gasteiger partial charge in [0.1, 0.15) is 17.5 Å². The SMILES string of the molecule is CCNc1cc(NCC(C)SC)nc(CC)n1. The van der Waals surface area contributed by atoms with Crippen molar-refractivity contribution in [3.8, 4) is 0 Å². The number of thioether (sulfide) groups is 1. The topological polar surface area (TPSA) is 49.8 Å². The number of hydrogen-bond acceptors (Lipinski definition) is 5. The first-order chi connectivity index (χ1) is 8.19. The predicted octanol–water partition coefficient (Wildman–Crippen LogP) is 2.63. The van der Waals surface area contributed by atoms with Gasteiger partial charge in [0.2, 0.25) is 0 Å². The van der Waals surface area contributed by atoms with E-state index in [0.717, 1.165) is 37.0 Å². The summed E-state index contributed by atoms with van der Waals surface area (Å²) >= 11 is 1.85. The quantitative estimate of drug-likeness (QED) is 0.783. The average molecular weight is 254 g/mol. The Morgan fingerprint density at radius 3 is 2.41 bits per heavy atom. The van der Waals surface area contributed by atoms with Gasteiger partial charge in [-0.25, -0.2) is 9.97 Å². The largest absolute Gasteiger partial charge is 0.370 e. The predicted molar refractivity (Wildman–Crippen MR) is 77.0 cm³/mol. The summed E-state index contributed by atoms with van der Waals surface area (Å²) < 4.78 is 0. The van der Waals surface area contributed by atoms with Crippen molar-refractivity contribution >= 4 is 23.4 Å². The average Bonchev–Trinajstić information content (AvgIpc) is 2.36. The number of aryl methyl sites for hydroxylation is 1. The minimum absolute atomic E-state index is 0.581. The van der Waals surface area contributed by atoms with Gasteiger partial charge in [-0.1, -0.05) is 13.8 Å². The van der Waals surface area contributed by atoms with E-state index in [-0.39, 0.29) is 0 Å². The van der Waals surface area contributed by atoms with E-state index in [1.807, 2.05) is 17.8 Å². The second kappa shape index (κ2) is 7.37. The fourth-order valence-electron chi connectivity index (χ4n) is 1.35. The summed E-state index contributed by atoms with van der Waals surface area (Å²) in [5.41, 5.74) is 0. The van der Waals surface area contributed by atoms with Crippen molar-refractivity contribution in [1.82, 2.24) is 9.97 Å². The molecule has 0 aliphatic heterocycles. The molecule has 1 unspecified atom stereocenters. The van der Waals surface area contributed by atoms with Crippen LogP contribution in [0.4, 0.5) is 11.6 Å². The lowest BCUT2D eigenvalue weighted by Gasteiger charge is -2.12. The molecule has 0 amide bonds. The Hall–Kier alpha value is -0.970. The standard InChI is InChI=1S/C12H22N4S/c1-5-10-15-11(13-6-2)7-12(16-10)14-8-9(3)17-4/h7,9H,5-6,8H2,1-4H3,(H2,13,14,15,16). The summed E-state index contributed by atoms with van der Waals surface area (Å²) in [6.45, 7) is 8.13. The van der Waals surface area contributed by atoms with Gasteiger partial charge in [0, 0.05) is 30.8 Å². The number of nitrogens with zero attached hydrogens (tertiary/aromatic N) is 2. The van der Waals surface area contributed by atoms with Crippen LogP contribution < -0.4 is 10.6 Å². The van der Waals surface area contributed by atoms with Gasteiger partial charge in [-0.2, -0.15) is 11.8 Å². The molecule has 2 N–H and O–H groups in total. The van der Waals surface area contributed by atoms with E-state index in [4.69, 9.17) is 0 Å². The maximum atomic E-state index is 4.47. The maximum Gasteiger partial charge on any atom is 0.132 e. The van der Waals surface area contributed by atoms with E-state index in [9.17, 15) is 0 Å². The molecule has 1 atom stereocenters. The van der Waals surface area contributed by atoms with Crippen LogP contribution in [-0.4, -0.2) is 34.6 Å². The third-order valence-electron chi connectivity index (χ3n) is 2.42. The summed E-state index contributed by atoms with van der Waals surface area (Å²) in [5.74, 6) is 2.69. The van der Waals surface area contributed by atoms with Crippen molar-refractivity contribution in [1.29, 1.82) is 0 Å². The zero-order chi connectivity index (χ0) is 12.7. The number of hydrogen-bond donors (Lipinski definition) is 2. The lowest BCUT2D eigenvalue weighted by atomic mass is 10.4. The summed E-state index contributed by atoms with van der Waals surface area (Å²) in [7, 11) is 0. The van der Waals surface area contributed by atoms with Crippen LogP contribution in [0.2, 0.25) is 0 Å². The number of aromatic nitrogens is 2. The van der Waals surface area contributed by atoms with Gasteiger partial charge in [-0.15, -0.1) is 0 Å². The Balaban J connectivity index is 2.72. The molecule has 0 aliphatic rings. The Kier molecular flexibility index (Phi) is 6.11. The molecule has 0 radical (unpaired) electrons. The number of nitrogens with one attached hydrogen (secondary N) is 2. The van der Waals surface area contributed by atoms with Crippen molar-refractivity contribution in [2.24, 2.45) is 0 Å². The van der Waals surface area contributed by atoms with Crippen LogP contribution in [0.5, 0.6) is 0 Å². The second-order valence-electron chi connectivity index (χ2n) is 3.87. The van der Waals surface area contributed by atoms with Gasteiger partial charge in [0.15, 0.2) is 0 Å². The summed E-state index contributed by atoms with van der Waals surface area (Å²) in [6.07, 6.45) is 2.97. The molecule has 1 heterocycles. The van der Waals surface area contributed by atoms with Gasteiger partial charge in [-0.3, -0.25) is 0 Å². The van der Waals surface area contributed by atoms with Crippen LogP contribution in [0.3, 0.4) is 0 Å². The minimum Gasteiger partial charge on any atom is -0.370 e. The highest BCUT2D eigenvalue weighted by Gasteiger charge is 2.04. The Bertz CT molecular complexity index is 343. The van der Waals surface area contributed by atoms with Crippen LogP contribution in [-0.2, 0) is 6.42 Å². The molecule has 1 aromatic heterocycles. The van der Waals surface area contributed by atoms with E-state index in [1.165, 1.54) is 0 Å². The van der Waals surface area contributed by atoms with E-state index >= 15 is 0 Å². The molecule has 96 valence electrons. The fraction of sp³-hybridized carbons (Fsp3) is 0.667. The van der Waals surface area contributed by atoms with Crippen molar-refractivity contribution in [2.75, 3.05) is 30.0 Å². The molecule has 0 saturated carbocycles. The first kappa shape index (κ1) is 14.1. The lowest BCUT2D eigenvalue weighted by molar-refractivity contribution is 0.920. The van der Waals surface area contributed by atoms with Crippen molar-refractivity contribution < 1.29 is 0 Å². The normalized spacial score (nSPS) is 12.2. The fourth-order valence-corrected chi connectivity index (χ4v) is 1.60. The molecule has 5 heteroatoms. The third kappa shape index (κ3) is 4.81. The molecule has 0 saturated heterocycles. The molecule has 0 spiro atoms. The molecule has 1 aromatic rings. The first-order valence-electron chi connectivity index (χ1n) is 6.08. The molecule has 1 rings (SSSR count). The minimum atomic E-state index is 0.581. The molecular formula is C12H22N4S. The highest BCUT2D eigenvalue weighted by molar-refractivity contribution is 7.99. The van der Waals surface area contributed by atoms with E-state index in [1.54, 1.807) is 0 Å². The summed E-state index contributed by atoms with van der Waals surface area (Å²) in [4.78, 5) is 8.89. The molecule has 0 aliphatic carbocycles. The van der Waals surface area contributed by atoms with Crippen LogP contribution in [0.1, 0.15) is 26.6 Å². The van der Waals surface area contributed by atoms with Gasteiger partial charge in [-0.05, 0) is 13.2 Å². The number of rotatable bonds is 7. The molecule has 0 fully saturated rings. The zero-order valence-corrected chi connectivity index (χ0v) is 11.9. The molecule has 17 heavy (non-hydrogen) atoms. The molecule has 4 nitrogen and oxygen atoms in total. The molecule has 0 bridgehead atoms. The zero-order valence-electron chi connectivity index (χ0n) is 11.1. The van der Waals surface area contributed by atoms with Crippen molar-refractivity contribution in [3.05, 3.63) is 11.9 Å². The van der Waals surface area contributed by atoms with Gasteiger partial charge in [0.25, 0.3) is 0 Å². The monoisotopic (exact) mass is 254 g/mol. The van der Waals surface area contributed by atoms with Gasteiger partial charge >= 0.3 is 0 Å². The maximum absolute atomic E-state index is 4.47. The van der Waals surface area contributed by atoms with Crippen LogP contribution in [0.25, 0.3) is 0 Å². The second-order valence-corrected chi connectivity index (χ2v) is 5.14. The number of anilines is 2. The van der Waals surface area contributed by atoms with Crippen LogP contribution in [0.15, 0.2) is 6.07 Å². The molecule has 0 aromatic carbocycles. The summed E-state index contributed by atoms with van der Waals surface area (Å²) in [6, 6.07) is 1.97. The smallest absolute Gasteiger partial charge is 0.132 e. The van der Waals surface area contributed by atoms with E-state index in [0.29, 0.717) is 5.25 Å². The Labute approximate surface area is 108 Å². The molecular weight excluding hydrogens is 232 g/mol. The third-order valence-corrected chi connectivity index (χ3v) is 3.39. The first-order valence-corrected chi connectivity index (χ1v) is 7.36. The van der Waals surface area contributed by atoms with Crippen LogP contribution in [0, 0.1) is 0 Å². The Morgan fingerprint density at radius 1 is 1.24 bits per heavy atom. The van der Waals surface area contributed by atoms with Crippen molar-refractivity contribution in [2.45, 2.75) is 32.4 Å². The van der Waals surface area contributed by atoms with E-state index < -0.39 is 0 Å². The van der Waals surface area contributed by atoms with E-state index in [2.05, 4.69) is 47.6 Å². The van der Waals surface area contributed by atoms with Gasteiger partial charge < -0.3 is 10.6 Å². The highest BCUT2D eigenvalue weighted by atomic mass is 32.2.